The van der Waals surface area contributed by atoms with Crippen molar-refractivity contribution in [3.8, 4) is 11.5 Å². The number of rotatable bonds is 4. The van der Waals surface area contributed by atoms with E-state index < -0.39 is 23.9 Å². The number of nitrogens with zero attached hydrogens (tertiary/aromatic N) is 4. The predicted molar refractivity (Wildman–Crippen MR) is 98.4 cm³/mol. The molecule has 0 aromatic heterocycles. The van der Waals surface area contributed by atoms with Gasteiger partial charge in [0.05, 0.1) is 25.6 Å². The van der Waals surface area contributed by atoms with Crippen molar-refractivity contribution in [2.75, 3.05) is 24.1 Å². The van der Waals surface area contributed by atoms with E-state index in [-0.39, 0.29) is 0 Å². The van der Waals surface area contributed by atoms with Gasteiger partial charge in [-0.1, -0.05) is 22.9 Å². The molecule has 1 fully saturated rings. The van der Waals surface area contributed by atoms with Gasteiger partial charge in [-0.25, -0.2) is 9.91 Å². The Morgan fingerprint density at radius 3 is 2.30 bits per heavy atom. The summed E-state index contributed by atoms with van der Waals surface area (Å²) in [5.41, 5.74) is 0.946. The van der Waals surface area contributed by atoms with E-state index in [1.807, 2.05) is 0 Å². The monoisotopic (exact) mass is 386 g/mol. The summed E-state index contributed by atoms with van der Waals surface area (Å²) in [6, 6.07) is 9.97. The van der Waals surface area contributed by atoms with Crippen molar-refractivity contribution in [1.82, 2.24) is 0 Å². The van der Waals surface area contributed by atoms with Crippen LogP contribution in [0.5, 0.6) is 11.5 Å². The summed E-state index contributed by atoms with van der Waals surface area (Å²) in [6.07, 6.45) is 0. The van der Waals surface area contributed by atoms with Crippen LogP contribution in [0.1, 0.15) is 0 Å². The molecule has 2 aliphatic heterocycles. The lowest BCUT2D eigenvalue weighted by molar-refractivity contribution is -0.121. The average molecular weight is 387 g/mol. The smallest absolute Gasteiger partial charge is 0.263 e. The van der Waals surface area contributed by atoms with Crippen molar-refractivity contribution in [3.05, 3.63) is 47.5 Å². The van der Waals surface area contributed by atoms with E-state index in [1.54, 1.807) is 42.5 Å². The molecule has 0 unspecified atom stereocenters. The second-order valence-corrected chi connectivity index (χ2v) is 6.44. The van der Waals surface area contributed by atoms with E-state index >= 15 is 0 Å². The molecule has 2 amide bonds. The number of hydrogen-bond acceptors (Lipinski definition) is 7. The Morgan fingerprint density at radius 2 is 1.67 bits per heavy atom. The van der Waals surface area contributed by atoms with E-state index in [2.05, 4.69) is 10.3 Å². The molecule has 2 atom stereocenters. The molecule has 0 radical (unpaired) electrons. The van der Waals surface area contributed by atoms with Gasteiger partial charge in [0.2, 0.25) is 0 Å². The van der Waals surface area contributed by atoms with E-state index in [4.69, 9.17) is 21.1 Å². The van der Waals surface area contributed by atoms with Crippen molar-refractivity contribution < 1.29 is 19.1 Å². The van der Waals surface area contributed by atoms with Gasteiger partial charge in [0.25, 0.3) is 11.8 Å². The third-order valence-corrected chi connectivity index (χ3v) is 4.68. The minimum Gasteiger partial charge on any atom is -0.497 e. The number of imide groups is 1. The Hall–Kier alpha value is -3.13. The van der Waals surface area contributed by atoms with Crippen molar-refractivity contribution >= 4 is 34.8 Å². The second-order valence-electron chi connectivity index (χ2n) is 6.00. The molecule has 0 spiro atoms. The maximum absolute atomic E-state index is 13.1. The summed E-state index contributed by atoms with van der Waals surface area (Å²) < 4.78 is 10.5. The number of benzene rings is 2. The van der Waals surface area contributed by atoms with Crippen LogP contribution in [0.25, 0.3) is 0 Å². The van der Waals surface area contributed by atoms with Crippen LogP contribution in [0, 0.1) is 0 Å². The first-order valence-electron chi connectivity index (χ1n) is 8.10. The number of methoxy groups -OCH3 is 2. The maximum Gasteiger partial charge on any atom is 0.263 e. The van der Waals surface area contributed by atoms with Crippen molar-refractivity contribution in [1.29, 1.82) is 0 Å². The van der Waals surface area contributed by atoms with Gasteiger partial charge in [0, 0.05) is 23.2 Å². The fraction of sp³-hybridized carbons (Fsp3) is 0.222. The molecule has 2 aromatic carbocycles. The molecule has 0 saturated carbocycles. The molecule has 138 valence electrons. The number of carbonyl (C=O) groups is 2. The zero-order valence-corrected chi connectivity index (χ0v) is 15.3. The molecule has 1 saturated heterocycles. The number of hydrogen-bond donors (Lipinski definition) is 0. The first-order valence-corrected chi connectivity index (χ1v) is 8.47. The minimum absolute atomic E-state index is 0.358. The molecule has 0 bridgehead atoms. The number of ether oxygens (including phenoxy) is 2. The third kappa shape index (κ3) is 2.78. The molecule has 9 heteroatoms. The molecule has 8 nitrogen and oxygen atoms in total. The van der Waals surface area contributed by atoms with Gasteiger partial charge in [-0.2, -0.15) is 5.11 Å². The van der Waals surface area contributed by atoms with Gasteiger partial charge >= 0.3 is 0 Å². The van der Waals surface area contributed by atoms with E-state index in [9.17, 15) is 9.59 Å². The van der Waals surface area contributed by atoms with Gasteiger partial charge in [-0.15, -0.1) is 0 Å². The molecule has 2 aromatic rings. The van der Waals surface area contributed by atoms with E-state index in [1.165, 1.54) is 19.2 Å². The Morgan fingerprint density at radius 1 is 0.963 bits per heavy atom. The lowest BCUT2D eigenvalue weighted by Crippen LogP contribution is -2.39. The summed E-state index contributed by atoms with van der Waals surface area (Å²) in [7, 11) is 2.99. The highest BCUT2D eigenvalue weighted by molar-refractivity contribution is 6.31. The van der Waals surface area contributed by atoms with Crippen LogP contribution in [0.15, 0.2) is 52.8 Å². The number of carbonyl (C=O) groups excluding carboxylic acids is 2. The van der Waals surface area contributed by atoms with Gasteiger partial charge < -0.3 is 9.47 Å². The molecule has 0 N–H and O–H groups in total. The zero-order valence-electron chi connectivity index (χ0n) is 14.5. The van der Waals surface area contributed by atoms with Crippen LogP contribution in [0.3, 0.4) is 0 Å². The minimum atomic E-state index is -0.909. The zero-order chi connectivity index (χ0) is 19.1. The second kappa shape index (κ2) is 6.55. The lowest BCUT2D eigenvalue weighted by atomic mass is 10.1. The largest absolute Gasteiger partial charge is 0.497 e. The topological polar surface area (TPSA) is 83.8 Å². The SMILES string of the molecule is COc1cc(OC)cc(N2C(=O)[C@H]3N=NN(c4cccc(Cl)c4)[C@@H]3C2=O)c1. The summed E-state index contributed by atoms with van der Waals surface area (Å²) in [6.45, 7) is 0. The van der Waals surface area contributed by atoms with Crippen LogP contribution in [0.2, 0.25) is 5.02 Å². The van der Waals surface area contributed by atoms with Gasteiger partial charge in [0.1, 0.15) is 11.5 Å². The first kappa shape index (κ1) is 17.3. The quantitative estimate of drug-likeness (QED) is 0.754. The molecular weight excluding hydrogens is 372 g/mol. The maximum atomic E-state index is 13.1. The Bertz CT molecular complexity index is 942. The van der Waals surface area contributed by atoms with Crippen molar-refractivity contribution in [2.45, 2.75) is 12.1 Å². The van der Waals surface area contributed by atoms with Crippen molar-refractivity contribution in [2.24, 2.45) is 10.3 Å². The predicted octanol–water partition coefficient (Wildman–Crippen LogP) is 2.86. The standard InChI is InChI=1S/C18H15ClN4O4/c1-26-13-7-12(8-14(9-13)27-2)22-17(24)15-16(18(22)25)23(21-20-15)11-5-3-4-10(19)6-11/h3-9,15-16H,1-2H3/t15-,16-/m0/s1. The van der Waals surface area contributed by atoms with Crippen LogP contribution in [-0.2, 0) is 9.59 Å². The lowest BCUT2D eigenvalue weighted by Gasteiger charge is -2.21. The molecule has 27 heavy (non-hydrogen) atoms. The van der Waals surface area contributed by atoms with Crippen LogP contribution in [0.4, 0.5) is 11.4 Å². The number of anilines is 2. The highest BCUT2D eigenvalue weighted by Crippen LogP contribution is 2.37. The Labute approximate surface area is 159 Å². The van der Waals surface area contributed by atoms with E-state index in [0.717, 1.165) is 4.90 Å². The molecule has 2 aliphatic rings. The number of amides is 2. The molecule has 4 rings (SSSR count). The van der Waals surface area contributed by atoms with Crippen LogP contribution < -0.4 is 19.4 Å². The fourth-order valence-electron chi connectivity index (χ4n) is 3.17. The summed E-state index contributed by atoms with van der Waals surface area (Å²) in [5, 5.41) is 9.94. The van der Waals surface area contributed by atoms with Gasteiger partial charge in [0.15, 0.2) is 12.1 Å². The molecular formula is C18H15ClN4O4. The summed E-state index contributed by atoms with van der Waals surface area (Å²) in [5.74, 6) is 0.0598. The van der Waals surface area contributed by atoms with Crippen LogP contribution in [-0.4, -0.2) is 38.1 Å². The van der Waals surface area contributed by atoms with Gasteiger partial charge in [-0.3, -0.25) is 9.59 Å². The van der Waals surface area contributed by atoms with Crippen LogP contribution >= 0.6 is 11.6 Å². The average Bonchev–Trinajstić information content (AvgIpc) is 3.21. The summed E-state index contributed by atoms with van der Waals surface area (Å²) >= 11 is 6.03. The molecule has 0 aliphatic carbocycles. The van der Waals surface area contributed by atoms with Crippen molar-refractivity contribution in [3.63, 3.8) is 0 Å². The normalized spacial score (nSPS) is 21.0. The highest BCUT2D eigenvalue weighted by Gasteiger charge is 2.55. The third-order valence-electron chi connectivity index (χ3n) is 4.45. The van der Waals surface area contributed by atoms with E-state index in [0.29, 0.717) is 27.9 Å². The Kier molecular flexibility index (Phi) is 4.19. The number of halogens is 1. The Balaban J connectivity index is 1.72. The first-order chi connectivity index (χ1) is 13.0. The van der Waals surface area contributed by atoms with Gasteiger partial charge in [-0.05, 0) is 18.2 Å². The molecule has 2 heterocycles. The highest BCUT2D eigenvalue weighted by atomic mass is 35.5. The fourth-order valence-corrected chi connectivity index (χ4v) is 3.35. The number of fused-ring (bicyclic) bond motifs is 1. The summed E-state index contributed by atoms with van der Waals surface area (Å²) in [4.78, 5) is 27.0.